The van der Waals surface area contributed by atoms with Gasteiger partial charge in [0.2, 0.25) is 0 Å². The number of ether oxygens (including phenoxy) is 1. The number of cyclic esters (lactones) is 1. The zero-order valence-electron chi connectivity index (χ0n) is 16.2. The minimum atomic E-state index is -0.790. The molecule has 2 unspecified atom stereocenters. The van der Waals surface area contributed by atoms with Gasteiger partial charge in [0.15, 0.2) is 11.9 Å². The molecule has 146 valence electrons. The van der Waals surface area contributed by atoms with Crippen LogP contribution in [0.3, 0.4) is 0 Å². The average Bonchev–Trinajstić information content (AvgIpc) is 3.04. The van der Waals surface area contributed by atoms with Gasteiger partial charge in [-0.25, -0.2) is 0 Å². The Labute approximate surface area is 171 Å². The standard InChI is InChI=1S/C26H24O3/c27-25-22(18-10-13-19-11-4-1-5-12-19)29-26(28)24(25)23(20-14-6-2-7-15-20)21-16-8-3-9-17-21/h1-9,11-12,14-17,22-24H,10,13,18H2. The van der Waals surface area contributed by atoms with Crippen LogP contribution in [0.15, 0.2) is 91.0 Å². The van der Waals surface area contributed by atoms with Crippen LogP contribution in [-0.4, -0.2) is 17.9 Å². The van der Waals surface area contributed by atoms with E-state index in [0.29, 0.717) is 6.42 Å². The maximum atomic E-state index is 13.2. The molecular weight excluding hydrogens is 360 g/mol. The molecule has 0 spiro atoms. The van der Waals surface area contributed by atoms with E-state index in [1.54, 1.807) is 0 Å². The highest BCUT2D eigenvalue weighted by atomic mass is 16.6. The molecule has 0 aliphatic carbocycles. The number of carbonyl (C=O) groups is 2. The summed E-state index contributed by atoms with van der Waals surface area (Å²) in [6.07, 6.45) is 1.59. The van der Waals surface area contributed by atoms with E-state index >= 15 is 0 Å². The van der Waals surface area contributed by atoms with E-state index in [2.05, 4.69) is 12.1 Å². The molecule has 3 heteroatoms. The molecule has 4 rings (SSSR count). The molecule has 0 N–H and O–H groups in total. The summed E-state index contributed by atoms with van der Waals surface area (Å²) in [7, 11) is 0. The second-order valence-corrected chi connectivity index (χ2v) is 7.48. The summed E-state index contributed by atoms with van der Waals surface area (Å²) in [5.74, 6) is -1.61. The fraction of sp³-hybridized carbons (Fsp3) is 0.231. The number of aryl methyl sites for hydroxylation is 1. The zero-order chi connectivity index (χ0) is 20.1. The summed E-state index contributed by atoms with van der Waals surface area (Å²) >= 11 is 0. The Morgan fingerprint density at radius 3 is 1.79 bits per heavy atom. The maximum Gasteiger partial charge on any atom is 0.318 e. The predicted molar refractivity (Wildman–Crippen MR) is 112 cm³/mol. The molecule has 3 nitrogen and oxygen atoms in total. The van der Waals surface area contributed by atoms with Crippen LogP contribution < -0.4 is 0 Å². The van der Waals surface area contributed by atoms with E-state index in [1.807, 2.05) is 78.9 Å². The Bertz CT molecular complexity index is 912. The molecule has 2 atom stereocenters. The normalized spacial score (nSPS) is 18.8. The van der Waals surface area contributed by atoms with Crippen LogP contribution >= 0.6 is 0 Å². The lowest BCUT2D eigenvalue weighted by molar-refractivity contribution is -0.144. The van der Waals surface area contributed by atoms with Crippen molar-refractivity contribution in [2.24, 2.45) is 5.92 Å². The molecule has 1 fully saturated rings. The number of carbonyl (C=O) groups excluding carboxylic acids is 2. The lowest BCUT2D eigenvalue weighted by atomic mass is 9.78. The Balaban J connectivity index is 1.53. The third-order valence-electron chi connectivity index (χ3n) is 5.56. The van der Waals surface area contributed by atoms with Crippen LogP contribution in [0.5, 0.6) is 0 Å². The molecule has 1 aliphatic rings. The van der Waals surface area contributed by atoms with Crippen LogP contribution in [0.1, 0.15) is 35.4 Å². The van der Waals surface area contributed by atoms with Gasteiger partial charge in [-0.2, -0.15) is 0 Å². The SMILES string of the molecule is O=C1OC(CCCc2ccccc2)C(=O)C1C(c1ccccc1)c1ccccc1. The zero-order valence-corrected chi connectivity index (χ0v) is 16.2. The minimum absolute atomic E-state index is 0.0965. The van der Waals surface area contributed by atoms with E-state index in [9.17, 15) is 9.59 Å². The van der Waals surface area contributed by atoms with Gasteiger partial charge in [0, 0.05) is 5.92 Å². The predicted octanol–water partition coefficient (Wildman–Crippen LogP) is 4.95. The molecule has 1 aliphatic heterocycles. The van der Waals surface area contributed by atoms with Crippen LogP contribution in [0, 0.1) is 5.92 Å². The lowest BCUT2D eigenvalue weighted by Gasteiger charge is -2.21. The monoisotopic (exact) mass is 384 g/mol. The Morgan fingerprint density at radius 1 is 0.724 bits per heavy atom. The van der Waals surface area contributed by atoms with E-state index in [-0.39, 0.29) is 11.7 Å². The first-order chi connectivity index (χ1) is 14.2. The summed E-state index contributed by atoms with van der Waals surface area (Å²) < 4.78 is 5.56. The summed E-state index contributed by atoms with van der Waals surface area (Å²) in [5.41, 5.74) is 3.14. The van der Waals surface area contributed by atoms with Gasteiger partial charge >= 0.3 is 5.97 Å². The van der Waals surface area contributed by atoms with Crippen LogP contribution in [0.25, 0.3) is 0 Å². The van der Waals surface area contributed by atoms with Gasteiger partial charge in [0.25, 0.3) is 0 Å². The topological polar surface area (TPSA) is 43.4 Å². The van der Waals surface area contributed by atoms with Crippen molar-refractivity contribution < 1.29 is 14.3 Å². The van der Waals surface area contributed by atoms with E-state index in [0.717, 1.165) is 24.0 Å². The molecule has 0 aromatic heterocycles. The highest BCUT2D eigenvalue weighted by molar-refractivity contribution is 6.07. The number of hydrogen-bond donors (Lipinski definition) is 0. The Hall–Kier alpha value is -3.20. The molecule has 1 saturated heterocycles. The molecular formula is C26H24O3. The highest BCUT2D eigenvalue weighted by Crippen LogP contribution is 2.38. The number of Topliss-reactive ketones (excluding diaryl/α,β-unsaturated/α-hetero) is 1. The number of esters is 1. The summed E-state index contributed by atoms with van der Waals surface area (Å²) in [6, 6.07) is 29.7. The third-order valence-corrected chi connectivity index (χ3v) is 5.56. The maximum absolute atomic E-state index is 13.2. The number of hydrogen-bond acceptors (Lipinski definition) is 3. The fourth-order valence-corrected chi connectivity index (χ4v) is 4.12. The molecule has 0 radical (unpaired) electrons. The summed E-state index contributed by atoms with van der Waals surface area (Å²) in [6.45, 7) is 0. The first-order valence-corrected chi connectivity index (χ1v) is 10.1. The number of benzene rings is 3. The smallest absolute Gasteiger partial charge is 0.318 e. The second kappa shape index (κ2) is 8.87. The van der Waals surface area contributed by atoms with Crippen LogP contribution in [0.4, 0.5) is 0 Å². The van der Waals surface area contributed by atoms with Crippen LogP contribution in [-0.2, 0) is 20.7 Å². The van der Waals surface area contributed by atoms with Gasteiger partial charge in [-0.05, 0) is 36.0 Å². The molecule has 1 heterocycles. The van der Waals surface area contributed by atoms with E-state index < -0.39 is 18.0 Å². The average molecular weight is 384 g/mol. The fourth-order valence-electron chi connectivity index (χ4n) is 4.12. The van der Waals surface area contributed by atoms with Crippen molar-refractivity contribution in [2.45, 2.75) is 31.3 Å². The largest absolute Gasteiger partial charge is 0.454 e. The lowest BCUT2D eigenvalue weighted by Crippen LogP contribution is -2.27. The van der Waals surface area contributed by atoms with Gasteiger partial charge in [-0.1, -0.05) is 91.0 Å². The Kier molecular flexibility index (Phi) is 5.85. The van der Waals surface area contributed by atoms with Gasteiger partial charge < -0.3 is 4.74 Å². The molecule has 0 bridgehead atoms. The van der Waals surface area contributed by atoms with Gasteiger partial charge in [0.05, 0.1) is 0 Å². The Morgan fingerprint density at radius 2 is 1.24 bits per heavy atom. The molecule has 3 aromatic rings. The van der Waals surface area contributed by atoms with Gasteiger partial charge in [-0.15, -0.1) is 0 Å². The van der Waals surface area contributed by atoms with E-state index in [4.69, 9.17) is 4.74 Å². The van der Waals surface area contributed by atoms with Crippen molar-refractivity contribution >= 4 is 11.8 Å². The number of ketones is 1. The molecule has 0 saturated carbocycles. The van der Waals surface area contributed by atoms with Gasteiger partial charge in [0.1, 0.15) is 5.92 Å². The van der Waals surface area contributed by atoms with Crippen LogP contribution in [0.2, 0.25) is 0 Å². The summed E-state index contributed by atoms with van der Waals surface area (Å²) in [5, 5.41) is 0. The third kappa shape index (κ3) is 4.29. The molecule has 3 aromatic carbocycles. The molecule has 29 heavy (non-hydrogen) atoms. The van der Waals surface area contributed by atoms with Crippen molar-refractivity contribution in [1.82, 2.24) is 0 Å². The van der Waals surface area contributed by atoms with Crippen molar-refractivity contribution in [1.29, 1.82) is 0 Å². The van der Waals surface area contributed by atoms with Crippen molar-refractivity contribution in [3.05, 3.63) is 108 Å². The summed E-state index contributed by atoms with van der Waals surface area (Å²) in [4.78, 5) is 26.0. The van der Waals surface area contributed by atoms with E-state index in [1.165, 1.54) is 5.56 Å². The van der Waals surface area contributed by atoms with Gasteiger partial charge in [-0.3, -0.25) is 9.59 Å². The number of rotatable bonds is 7. The quantitative estimate of drug-likeness (QED) is 0.427. The molecule has 0 amide bonds. The first kappa shape index (κ1) is 19.1. The second-order valence-electron chi connectivity index (χ2n) is 7.48. The van der Waals surface area contributed by atoms with Crippen molar-refractivity contribution in [2.75, 3.05) is 0 Å². The highest BCUT2D eigenvalue weighted by Gasteiger charge is 2.48. The van der Waals surface area contributed by atoms with Crippen molar-refractivity contribution in [3.8, 4) is 0 Å². The van der Waals surface area contributed by atoms with Crippen molar-refractivity contribution in [3.63, 3.8) is 0 Å². The minimum Gasteiger partial charge on any atom is -0.454 e. The first-order valence-electron chi connectivity index (χ1n) is 10.1.